The SMILES string of the molecule is C=CCN(CC=C)c1ccc(C(F)(F)F)cc1NC(=O)C(C)(C)C. The van der Waals surface area contributed by atoms with Crippen LogP contribution in [0, 0.1) is 5.41 Å². The topological polar surface area (TPSA) is 32.3 Å². The zero-order valence-corrected chi connectivity index (χ0v) is 14.2. The number of anilines is 2. The van der Waals surface area contributed by atoms with Crippen LogP contribution < -0.4 is 10.2 Å². The molecule has 1 amide bonds. The van der Waals surface area contributed by atoms with Crippen molar-refractivity contribution in [2.24, 2.45) is 5.41 Å². The van der Waals surface area contributed by atoms with Gasteiger partial charge in [-0.3, -0.25) is 4.79 Å². The predicted octanol–water partition coefficient (Wildman–Crippen LogP) is 4.87. The minimum atomic E-state index is -4.48. The Morgan fingerprint density at radius 1 is 1.17 bits per heavy atom. The molecule has 24 heavy (non-hydrogen) atoms. The van der Waals surface area contributed by atoms with E-state index in [2.05, 4.69) is 18.5 Å². The van der Waals surface area contributed by atoms with E-state index in [4.69, 9.17) is 0 Å². The molecule has 0 saturated carbocycles. The second kappa shape index (κ2) is 7.55. The first-order valence-corrected chi connectivity index (χ1v) is 7.50. The van der Waals surface area contributed by atoms with Crippen LogP contribution in [0.15, 0.2) is 43.5 Å². The van der Waals surface area contributed by atoms with Gasteiger partial charge in [0, 0.05) is 18.5 Å². The molecule has 1 N–H and O–H groups in total. The van der Waals surface area contributed by atoms with Gasteiger partial charge in [-0.15, -0.1) is 13.2 Å². The lowest BCUT2D eigenvalue weighted by Crippen LogP contribution is -2.30. The Kier molecular flexibility index (Phi) is 6.23. The summed E-state index contributed by atoms with van der Waals surface area (Å²) in [5, 5.41) is 2.61. The van der Waals surface area contributed by atoms with Gasteiger partial charge in [-0.25, -0.2) is 0 Å². The number of nitrogens with zero attached hydrogens (tertiary/aromatic N) is 1. The third-order valence-electron chi connectivity index (χ3n) is 3.29. The molecule has 0 aliphatic carbocycles. The number of carbonyl (C=O) groups is 1. The van der Waals surface area contributed by atoms with Crippen molar-refractivity contribution in [3.63, 3.8) is 0 Å². The Bertz CT molecular complexity index is 606. The Labute approximate surface area is 140 Å². The van der Waals surface area contributed by atoms with Gasteiger partial charge in [0.25, 0.3) is 0 Å². The van der Waals surface area contributed by atoms with E-state index >= 15 is 0 Å². The minimum absolute atomic E-state index is 0.119. The van der Waals surface area contributed by atoms with E-state index in [0.29, 0.717) is 18.8 Å². The summed E-state index contributed by atoms with van der Waals surface area (Å²) in [6.45, 7) is 13.2. The number of hydrogen-bond donors (Lipinski definition) is 1. The summed E-state index contributed by atoms with van der Waals surface area (Å²) in [4.78, 5) is 14.0. The molecule has 0 aromatic heterocycles. The van der Waals surface area contributed by atoms with Gasteiger partial charge in [-0.1, -0.05) is 32.9 Å². The maximum absolute atomic E-state index is 13.0. The number of halogens is 3. The van der Waals surface area contributed by atoms with Gasteiger partial charge in [-0.2, -0.15) is 13.2 Å². The van der Waals surface area contributed by atoms with Crippen LogP contribution in [-0.2, 0) is 11.0 Å². The zero-order chi connectivity index (χ0) is 18.5. The van der Waals surface area contributed by atoms with E-state index in [1.54, 1.807) is 37.8 Å². The molecule has 3 nitrogen and oxygen atoms in total. The highest BCUT2D eigenvalue weighted by atomic mass is 19.4. The van der Waals surface area contributed by atoms with Gasteiger partial charge >= 0.3 is 6.18 Å². The van der Waals surface area contributed by atoms with Crippen LogP contribution in [0.25, 0.3) is 0 Å². The second-order valence-electron chi connectivity index (χ2n) is 6.42. The molecule has 0 saturated heterocycles. The summed E-state index contributed by atoms with van der Waals surface area (Å²) in [6, 6.07) is 3.31. The lowest BCUT2D eigenvalue weighted by molar-refractivity contribution is -0.137. The number of amides is 1. The minimum Gasteiger partial charge on any atom is -0.362 e. The lowest BCUT2D eigenvalue weighted by atomic mass is 9.95. The molecule has 6 heteroatoms. The summed E-state index contributed by atoms with van der Waals surface area (Å²) in [7, 11) is 0. The third-order valence-corrected chi connectivity index (χ3v) is 3.29. The average molecular weight is 340 g/mol. The molecule has 1 aromatic carbocycles. The highest BCUT2D eigenvalue weighted by molar-refractivity contribution is 5.97. The van der Waals surface area contributed by atoms with E-state index in [1.165, 1.54) is 6.07 Å². The van der Waals surface area contributed by atoms with Crippen LogP contribution in [0.3, 0.4) is 0 Å². The largest absolute Gasteiger partial charge is 0.416 e. The van der Waals surface area contributed by atoms with E-state index in [0.717, 1.165) is 12.1 Å². The average Bonchev–Trinajstić information content (AvgIpc) is 2.45. The molecule has 1 aromatic rings. The second-order valence-corrected chi connectivity index (χ2v) is 6.42. The summed E-state index contributed by atoms with van der Waals surface area (Å²) in [5.41, 5.74) is -0.936. The van der Waals surface area contributed by atoms with Crippen molar-refractivity contribution in [2.45, 2.75) is 26.9 Å². The molecule has 0 heterocycles. The van der Waals surface area contributed by atoms with Crippen molar-refractivity contribution in [3.8, 4) is 0 Å². The number of carbonyl (C=O) groups excluding carboxylic acids is 1. The molecular formula is C18H23F3N2O. The van der Waals surface area contributed by atoms with Crippen LogP contribution in [0.2, 0.25) is 0 Å². The van der Waals surface area contributed by atoms with Gasteiger partial charge in [0.05, 0.1) is 16.9 Å². The van der Waals surface area contributed by atoms with Crippen LogP contribution >= 0.6 is 0 Å². The van der Waals surface area contributed by atoms with Gasteiger partial charge in [0.2, 0.25) is 5.91 Å². The molecule has 0 radical (unpaired) electrons. The molecule has 0 fully saturated rings. The molecule has 0 unspecified atom stereocenters. The highest BCUT2D eigenvalue weighted by Gasteiger charge is 2.32. The number of benzene rings is 1. The summed E-state index contributed by atoms with van der Waals surface area (Å²) in [6.07, 6.45) is -1.21. The zero-order valence-electron chi connectivity index (χ0n) is 14.2. The number of rotatable bonds is 6. The van der Waals surface area contributed by atoms with Crippen molar-refractivity contribution in [2.75, 3.05) is 23.3 Å². The van der Waals surface area contributed by atoms with E-state index in [9.17, 15) is 18.0 Å². The quantitative estimate of drug-likeness (QED) is 0.750. The van der Waals surface area contributed by atoms with Crippen molar-refractivity contribution >= 4 is 17.3 Å². The Morgan fingerprint density at radius 2 is 1.71 bits per heavy atom. The smallest absolute Gasteiger partial charge is 0.362 e. The molecule has 0 aliphatic heterocycles. The predicted molar refractivity (Wildman–Crippen MR) is 92.1 cm³/mol. The molecule has 132 valence electrons. The first-order valence-electron chi connectivity index (χ1n) is 7.50. The molecule has 0 bridgehead atoms. The first-order chi connectivity index (χ1) is 11.0. The Morgan fingerprint density at radius 3 is 2.12 bits per heavy atom. The molecule has 1 rings (SSSR count). The fourth-order valence-electron chi connectivity index (χ4n) is 1.98. The number of alkyl halides is 3. The number of nitrogens with one attached hydrogen (secondary N) is 1. The first kappa shape index (κ1) is 19.8. The fourth-order valence-corrected chi connectivity index (χ4v) is 1.98. The van der Waals surface area contributed by atoms with Crippen molar-refractivity contribution in [1.29, 1.82) is 0 Å². The molecular weight excluding hydrogens is 317 g/mol. The maximum atomic E-state index is 13.0. The Balaban J connectivity index is 3.38. The fraction of sp³-hybridized carbons (Fsp3) is 0.389. The van der Waals surface area contributed by atoms with E-state index in [-0.39, 0.29) is 11.6 Å². The van der Waals surface area contributed by atoms with Gasteiger partial charge in [-0.05, 0) is 18.2 Å². The van der Waals surface area contributed by atoms with Crippen LogP contribution in [0.1, 0.15) is 26.3 Å². The standard InChI is InChI=1S/C18H23F3N2O/c1-6-10-23(11-7-2)15-9-8-13(18(19,20)21)12-14(15)22-16(24)17(3,4)5/h6-9,12H,1-2,10-11H2,3-5H3,(H,22,24). The van der Waals surface area contributed by atoms with Gasteiger partial charge in [0.15, 0.2) is 0 Å². The van der Waals surface area contributed by atoms with Crippen LogP contribution in [-0.4, -0.2) is 19.0 Å². The maximum Gasteiger partial charge on any atom is 0.416 e. The number of hydrogen-bond acceptors (Lipinski definition) is 2. The highest BCUT2D eigenvalue weighted by Crippen LogP contribution is 2.36. The van der Waals surface area contributed by atoms with Crippen molar-refractivity contribution < 1.29 is 18.0 Å². The summed E-state index contributed by atoms with van der Waals surface area (Å²) >= 11 is 0. The van der Waals surface area contributed by atoms with Gasteiger partial charge in [0.1, 0.15) is 0 Å². The molecule has 0 spiro atoms. The monoisotopic (exact) mass is 340 g/mol. The summed E-state index contributed by atoms with van der Waals surface area (Å²) < 4.78 is 39.0. The van der Waals surface area contributed by atoms with E-state index in [1.807, 2.05) is 0 Å². The normalized spacial score (nSPS) is 11.8. The lowest BCUT2D eigenvalue weighted by Gasteiger charge is -2.27. The van der Waals surface area contributed by atoms with Crippen molar-refractivity contribution in [1.82, 2.24) is 0 Å². The van der Waals surface area contributed by atoms with Crippen molar-refractivity contribution in [3.05, 3.63) is 49.1 Å². The molecule has 0 atom stereocenters. The van der Waals surface area contributed by atoms with Gasteiger partial charge < -0.3 is 10.2 Å². The Hall–Kier alpha value is -2.24. The van der Waals surface area contributed by atoms with Crippen LogP contribution in [0.4, 0.5) is 24.5 Å². The van der Waals surface area contributed by atoms with E-state index < -0.39 is 17.2 Å². The van der Waals surface area contributed by atoms with Crippen LogP contribution in [0.5, 0.6) is 0 Å². The summed E-state index contributed by atoms with van der Waals surface area (Å²) in [5.74, 6) is -0.361. The molecule has 0 aliphatic rings. The third kappa shape index (κ3) is 5.15.